The van der Waals surface area contributed by atoms with Gasteiger partial charge < -0.3 is 14.7 Å². The third-order valence-electron chi connectivity index (χ3n) is 8.10. The Morgan fingerprint density at radius 2 is 1.66 bits per heavy atom. The van der Waals surface area contributed by atoms with Crippen LogP contribution in [0.3, 0.4) is 0 Å². The van der Waals surface area contributed by atoms with Gasteiger partial charge in [-0.15, -0.1) is 0 Å². The second-order valence-electron chi connectivity index (χ2n) is 10.0. The Labute approximate surface area is 203 Å². The Hall–Kier alpha value is -3.71. The zero-order valence-electron chi connectivity index (χ0n) is 19.2. The van der Waals surface area contributed by atoms with Crippen molar-refractivity contribution in [3.63, 3.8) is 0 Å². The molecule has 7 rings (SSSR count). The molecule has 2 fully saturated rings. The van der Waals surface area contributed by atoms with Gasteiger partial charge in [0.25, 0.3) is 0 Å². The molecule has 2 atom stereocenters. The largest absolute Gasteiger partial charge is 0.448 e. The van der Waals surface area contributed by atoms with E-state index < -0.39 is 5.60 Å². The van der Waals surface area contributed by atoms with Gasteiger partial charge in [0.05, 0.1) is 11.8 Å². The van der Waals surface area contributed by atoms with Crippen molar-refractivity contribution >= 4 is 11.7 Å². The van der Waals surface area contributed by atoms with Crippen LogP contribution >= 0.6 is 0 Å². The summed E-state index contributed by atoms with van der Waals surface area (Å²) in [6.45, 7) is 0.312. The van der Waals surface area contributed by atoms with E-state index in [-0.39, 0.29) is 24.1 Å². The lowest BCUT2D eigenvalue weighted by molar-refractivity contribution is -0.0536. The highest BCUT2D eigenvalue weighted by Crippen LogP contribution is 2.47. The highest BCUT2D eigenvalue weighted by atomic mass is 16.6. The molecule has 7 nitrogen and oxygen atoms in total. The summed E-state index contributed by atoms with van der Waals surface area (Å²) in [4.78, 5) is 19.6. The quantitative estimate of drug-likeness (QED) is 0.481. The standard InChI is InChI=1S/C28H26N4O3/c33-27(35-17-25-23-7-3-1-5-21(23)22-6-2-4-8-24(22)25)32-19-9-10-20(32)14-28(34,13-19)18-15-29-26-11-12-30-31(26)16-18/h1-8,11-12,15-16,19-20,25,34H,9-10,13-14,17H2. The zero-order valence-corrected chi connectivity index (χ0v) is 19.2. The number of rotatable bonds is 3. The lowest BCUT2D eigenvalue weighted by atomic mass is 9.82. The van der Waals surface area contributed by atoms with E-state index in [1.54, 1.807) is 16.9 Å². The van der Waals surface area contributed by atoms with E-state index in [4.69, 9.17) is 4.74 Å². The normalized spacial score (nSPS) is 25.0. The number of amides is 1. The molecule has 2 aromatic carbocycles. The van der Waals surface area contributed by atoms with Crippen LogP contribution in [0, 0.1) is 0 Å². The van der Waals surface area contributed by atoms with E-state index in [1.165, 1.54) is 22.3 Å². The van der Waals surface area contributed by atoms with Gasteiger partial charge in [-0.2, -0.15) is 5.10 Å². The van der Waals surface area contributed by atoms with Crippen molar-refractivity contribution in [3.8, 4) is 11.1 Å². The molecule has 0 saturated carbocycles. The smallest absolute Gasteiger partial charge is 0.410 e. The van der Waals surface area contributed by atoms with Crippen molar-refractivity contribution in [3.05, 3.63) is 89.9 Å². The number of benzene rings is 2. The van der Waals surface area contributed by atoms with Crippen LogP contribution in [0.4, 0.5) is 4.79 Å². The van der Waals surface area contributed by atoms with E-state index in [0.717, 1.165) is 24.1 Å². The number of ether oxygens (including phenoxy) is 1. The van der Waals surface area contributed by atoms with E-state index in [9.17, 15) is 9.90 Å². The first-order valence-corrected chi connectivity index (χ1v) is 12.3. The lowest BCUT2D eigenvalue weighted by Crippen LogP contribution is -2.52. The molecule has 176 valence electrons. The molecular formula is C28H26N4O3. The lowest BCUT2D eigenvalue weighted by Gasteiger charge is -2.43. The Bertz CT molecular complexity index is 1390. The van der Waals surface area contributed by atoms with Crippen molar-refractivity contribution in [2.24, 2.45) is 0 Å². The minimum Gasteiger partial charge on any atom is -0.448 e. The summed E-state index contributed by atoms with van der Waals surface area (Å²) in [6, 6.07) is 18.4. The molecule has 1 amide bonds. The van der Waals surface area contributed by atoms with E-state index in [0.29, 0.717) is 19.4 Å². The summed E-state index contributed by atoms with van der Waals surface area (Å²) in [5, 5.41) is 15.8. The van der Waals surface area contributed by atoms with Gasteiger partial charge >= 0.3 is 6.09 Å². The summed E-state index contributed by atoms with van der Waals surface area (Å²) in [5.41, 5.74) is 5.32. The van der Waals surface area contributed by atoms with Crippen LogP contribution in [0.25, 0.3) is 16.8 Å². The van der Waals surface area contributed by atoms with Gasteiger partial charge in [-0.25, -0.2) is 14.3 Å². The third-order valence-corrected chi connectivity index (χ3v) is 8.10. The topological polar surface area (TPSA) is 80.0 Å². The number of hydrogen-bond donors (Lipinski definition) is 1. The van der Waals surface area contributed by atoms with Crippen LogP contribution in [0.2, 0.25) is 0 Å². The number of fused-ring (bicyclic) bond motifs is 6. The monoisotopic (exact) mass is 466 g/mol. The molecule has 2 aliphatic heterocycles. The Kier molecular flexibility index (Phi) is 4.51. The molecular weight excluding hydrogens is 440 g/mol. The summed E-state index contributed by atoms with van der Waals surface area (Å²) in [5.74, 6) is 0.0394. The van der Waals surface area contributed by atoms with Crippen molar-refractivity contribution < 1.29 is 14.6 Å². The van der Waals surface area contributed by atoms with Crippen LogP contribution in [-0.2, 0) is 10.3 Å². The molecule has 4 aromatic rings. The summed E-state index contributed by atoms with van der Waals surface area (Å²) in [6.07, 6.45) is 7.69. The number of piperidine rings is 1. The van der Waals surface area contributed by atoms with Crippen LogP contribution in [-0.4, -0.2) is 49.4 Å². The molecule has 2 saturated heterocycles. The second-order valence-corrected chi connectivity index (χ2v) is 10.0. The molecule has 2 aromatic heterocycles. The fraction of sp³-hybridized carbons (Fsp3) is 0.321. The highest BCUT2D eigenvalue weighted by Gasteiger charge is 2.51. The van der Waals surface area contributed by atoms with Gasteiger partial charge in [-0.3, -0.25) is 0 Å². The number of aliphatic hydroxyl groups is 1. The zero-order chi connectivity index (χ0) is 23.6. The summed E-state index contributed by atoms with van der Waals surface area (Å²) < 4.78 is 7.65. The van der Waals surface area contributed by atoms with Crippen molar-refractivity contribution in [1.82, 2.24) is 19.5 Å². The molecule has 1 N–H and O–H groups in total. The second kappa shape index (κ2) is 7.65. The van der Waals surface area contributed by atoms with Gasteiger partial charge in [0, 0.05) is 54.9 Å². The third kappa shape index (κ3) is 3.18. The predicted octanol–water partition coefficient (Wildman–Crippen LogP) is 4.49. The fourth-order valence-corrected chi connectivity index (χ4v) is 6.48. The number of carbonyl (C=O) groups is 1. The van der Waals surface area contributed by atoms with Crippen molar-refractivity contribution in [1.29, 1.82) is 0 Å². The van der Waals surface area contributed by atoms with Crippen LogP contribution < -0.4 is 0 Å². The van der Waals surface area contributed by atoms with Gasteiger partial charge in [0.15, 0.2) is 5.65 Å². The first-order valence-electron chi connectivity index (χ1n) is 12.3. The molecule has 3 aliphatic rings. The maximum absolute atomic E-state index is 13.3. The minimum atomic E-state index is -1.03. The molecule has 1 aliphatic carbocycles. The molecule has 35 heavy (non-hydrogen) atoms. The predicted molar refractivity (Wildman–Crippen MR) is 130 cm³/mol. The van der Waals surface area contributed by atoms with Crippen LogP contribution in [0.1, 0.15) is 48.3 Å². The highest BCUT2D eigenvalue weighted by molar-refractivity contribution is 5.79. The Balaban J connectivity index is 1.09. The van der Waals surface area contributed by atoms with Crippen LogP contribution in [0.5, 0.6) is 0 Å². The molecule has 7 heteroatoms. The fourth-order valence-electron chi connectivity index (χ4n) is 6.48. The maximum atomic E-state index is 13.3. The summed E-state index contributed by atoms with van der Waals surface area (Å²) in [7, 11) is 0. The van der Waals surface area contributed by atoms with Gasteiger partial charge in [0.2, 0.25) is 0 Å². The van der Waals surface area contributed by atoms with Gasteiger partial charge in [-0.05, 0) is 35.1 Å². The van der Waals surface area contributed by atoms with E-state index >= 15 is 0 Å². The number of hydrogen-bond acceptors (Lipinski definition) is 5. The number of carbonyl (C=O) groups excluding carboxylic acids is 1. The number of nitrogens with zero attached hydrogens (tertiary/aromatic N) is 4. The molecule has 4 heterocycles. The van der Waals surface area contributed by atoms with E-state index in [2.05, 4.69) is 46.5 Å². The minimum absolute atomic E-state index is 0.0394. The molecule has 0 radical (unpaired) electrons. The molecule has 2 unspecified atom stereocenters. The first-order chi connectivity index (χ1) is 17.1. The number of aromatic nitrogens is 3. The Morgan fingerprint density at radius 1 is 1.00 bits per heavy atom. The summed E-state index contributed by atoms with van der Waals surface area (Å²) >= 11 is 0. The molecule has 2 bridgehead atoms. The first kappa shape index (κ1) is 20.6. The van der Waals surface area contributed by atoms with Gasteiger partial charge in [-0.1, -0.05) is 48.5 Å². The van der Waals surface area contributed by atoms with Crippen molar-refractivity contribution in [2.75, 3.05) is 6.61 Å². The average Bonchev–Trinajstić information content (AvgIpc) is 3.55. The van der Waals surface area contributed by atoms with E-state index in [1.807, 2.05) is 29.3 Å². The SMILES string of the molecule is O=C(OCC1c2ccccc2-c2ccccc21)N1C2CCC1CC(O)(c1cnc3ccnn3c1)C2. The Morgan fingerprint density at radius 3 is 2.34 bits per heavy atom. The van der Waals surface area contributed by atoms with Crippen molar-refractivity contribution in [2.45, 2.75) is 49.3 Å². The molecule has 0 spiro atoms. The van der Waals surface area contributed by atoms with Gasteiger partial charge in [0.1, 0.15) is 6.61 Å². The average molecular weight is 467 g/mol. The van der Waals surface area contributed by atoms with Crippen LogP contribution in [0.15, 0.2) is 73.2 Å². The maximum Gasteiger partial charge on any atom is 0.410 e.